The summed E-state index contributed by atoms with van der Waals surface area (Å²) in [4.78, 5) is 18.7. The molecule has 0 spiro atoms. The number of benzene rings is 3. The van der Waals surface area contributed by atoms with E-state index in [1.807, 2.05) is 30.3 Å². The van der Waals surface area contributed by atoms with Crippen LogP contribution in [-0.4, -0.2) is 22.3 Å². The molecule has 10 heteroatoms. The van der Waals surface area contributed by atoms with Gasteiger partial charge in [-0.25, -0.2) is 18.4 Å². The van der Waals surface area contributed by atoms with E-state index < -0.39 is 22.8 Å². The van der Waals surface area contributed by atoms with Crippen molar-refractivity contribution in [3.8, 4) is 10.8 Å². The molecule has 0 fully saturated rings. The smallest absolute Gasteiger partial charge is 0.327 e. The molecule has 2 amide bonds. The zero-order valence-electron chi connectivity index (χ0n) is 17.4. The standard InChI is InChI=1S/C23H19FN4O3S2/c1-28(18-10-6-12-20(14-18)33(30)27-17-8-3-2-4-9-17)23(29)26-22-25-15-21(32-22)31-19-11-5-7-16(24)13-19/h2-15,27H,1H3,(H,25,26,29). The number of rotatable bonds is 7. The van der Waals surface area contributed by atoms with E-state index in [1.165, 1.54) is 23.2 Å². The number of hydrogen-bond donors (Lipinski definition) is 2. The fraction of sp³-hybridized carbons (Fsp3) is 0.0435. The van der Waals surface area contributed by atoms with Gasteiger partial charge in [0.2, 0.25) is 5.06 Å². The average molecular weight is 483 g/mol. The van der Waals surface area contributed by atoms with Crippen molar-refractivity contribution in [1.82, 2.24) is 4.98 Å². The largest absolute Gasteiger partial charge is 0.445 e. The van der Waals surface area contributed by atoms with Crippen LogP contribution >= 0.6 is 11.3 Å². The summed E-state index contributed by atoms with van der Waals surface area (Å²) in [5.41, 5.74) is 1.29. The summed E-state index contributed by atoms with van der Waals surface area (Å²) in [5.74, 6) is -0.0723. The van der Waals surface area contributed by atoms with Crippen LogP contribution in [0.4, 0.5) is 25.7 Å². The molecule has 2 N–H and O–H groups in total. The molecule has 0 saturated heterocycles. The highest BCUT2D eigenvalue weighted by atomic mass is 32.2. The Morgan fingerprint density at radius 1 is 1.06 bits per heavy atom. The predicted octanol–water partition coefficient (Wildman–Crippen LogP) is 5.88. The van der Waals surface area contributed by atoms with Gasteiger partial charge in [-0.2, -0.15) is 0 Å². The van der Waals surface area contributed by atoms with Crippen LogP contribution in [0.2, 0.25) is 0 Å². The first kappa shape index (κ1) is 22.4. The molecular weight excluding hydrogens is 463 g/mol. The van der Waals surface area contributed by atoms with E-state index in [0.717, 1.165) is 17.0 Å². The molecule has 1 unspecified atom stereocenters. The molecule has 1 aromatic heterocycles. The topological polar surface area (TPSA) is 83.6 Å². The molecule has 33 heavy (non-hydrogen) atoms. The fourth-order valence-electron chi connectivity index (χ4n) is 2.78. The lowest BCUT2D eigenvalue weighted by Gasteiger charge is -2.18. The lowest BCUT2D eigenvalue weighted by Crippen LogP contribution is -2.31. The molecule has 1 atom stereocenters. The van der Waals surface area contributed by atoms with Crippen LogP contribution in [0.5, 0.6) is 10.8 Å². The summed E-state index contributed by atoms with van der Waals surface area (Å²) in [6.07, 6.45) is 1.45. The number of anilines is 3. The van der Waals surface area contributed by atoms with Crippen molar-refractivity contribution >= 4 is 44.9 Å². The number of carbonyl (C=O) groups excluding carboxylic acids is 1. The van der Waals surface area contributed by atoms with Crippen molar-refractivity contribution in [1.29, 1.82) is 0 Å². The maximum atomic E-state index is 13.3. The molecule has 0 aliphatic carbocycles. The second-order valence-corrected chi connectivity index (χ2v) is 8.97. The Morgan fingerprint density at radius 3 is 2.64 bits per heavy atom. The van der Waals surface area contributed by atoms with Crippen LogP contribution in [0.25, 0.3) is 0 Å². The van der Waals surface area contributed by atoms with Crippen LogP contribution in [0.1, 0.15) is 0 Å². The number of nitrogens with zero attached hydrogens (tertiary/aromatic N) is 2. The van der Waals surface area contributed by atoms with Crippen molar-refractivity contribution < 1.29 is 18.1 Å². The van der Waals surface area contributed by atoms with Gasteiger partial charge in [-0.3, -0.25) is 10.2 Å². The summed E-state index contributed by atoms with van der Waals surface area (Å²) < 4.78 is 34.5. The Balaban J connectivity index is 1.40. The minimum Gasteiger partial charge on any atom is -0.445 e. The van der Waals surface area contributed by atoms with Crippen LogP contribution in [0, 0.1) is 5.82 Å². The average Bonchev–Trinajstić information content (AvgIpc) is 3.25. The summed E-state index contributed by atoms with van der Waals surface area (Å²) in [7, 11) is 0.105. The number of urea groups is 1. The Bertz CT molecular complexity index is 1280. The Morgan fingerprint density at radius 2 is 1.85 bits per heavy atom. The van der Waals surface area contributed by atoms with Gasteiger partial charge in [0.05, 0.1) is 11.1 Å². The van der Waals surface area contributed by atoms with E-state index in [2.05, 4.69) is 15.0 Å². The first-order chi connectivity index (χ1) is 16.0. The van der Waals surface area contributed by atoms with E-state index >= 15 is 0 Å². The summed E-state index contributed by atoms with van der Waals surface area (Å²) in [6, 6.07) is 21.4. The van der Waals surface area contributed by atoms with Gasteiger partial charge in [0.25, 0.3) is 0 Å². The summed E-state index contributed by atoms with van der Waals surface area (Å²) in [6.45, 7) is 0. The van der Waals surface area contributed by atoms with Crippen LogP contribution in [0.15, 0.2) is 90.0 Å². The highest BCUT2D eigenvalue weighted by Gasteiger charge is 2.15. The Kier molecular flexibility index (Phi) is 6.96. The zero-order chi connectivity index (χ0) is 23.2. The lowest BCUT2D eigenvalue weighted by atomic mass is 10.3. The van der Waals surface area contributed by atoms with E-state index in [1.54, 1.807) is 43.4 Å². The highest BCUT2D eigenvalue weighted by Crippen LogP contribution is 2.31. The normalized spacial score (nSPS) is 11.5. The third-order valence-electron chi connectivity index (χ3n) is 4.42. The molecule has 0 aliphatic rings. The number of hydrogen-bond acceptors (Lipinski definition) is 5. The van der Waals surface area contributed by atoms with Crippen molar-refractivity contribution in [3.63, 3.8) is 0 Å². The maximum absolute atomic E-state index is 13.3. The highest BCUT2D eigenvalue weighted by molar-refractivity contribution is 7.86. The Hall–Kier alpha value is -3.76. The second kappa shape index (κ2) is 10.2. The van der Waals surface area contributed by atoms with Gasteiger partial charge >= 0.3 is 6.03 Å². The molecule has 4 aromatic rings. The number of amides is 2. The van der Waals surface area contributed by atoms with Crippen molar-refractivity contribution in [2.45, 2.75) is 4.90 Å². The molecule has 0 aliphatic heterocycles. The molecule has 0 radical (unpaired) electrons. The van der Waals surface area contributed by atoms with Gasteiger partial charge in [-0.05, 0) is 42.5 Å². The molecule has 168 valence electrons. The number of ether oxygens (including phenoxy) is 1. The molecule has 7 nitrogen and oxygen atoms in total. The van der Waals surface area contributed by atoms with Crippen molar-refractivity contribution in [2.24, 2.45) is 0 Å². The molecule has 0 saturated carbocycles. The summed E-state index contributed by atoms with van der Waals surface area (Å²) >= 11 is 1.11. The molecule has 4 rings (SSSR count). The van der Waals surface area contributed by atoms with Gasteiger partial charge in [0, 0.05) is 24.5 Å². The zero-order valence-corrected chi connectivity index (χ0v) is 19.0. The fourth-order valence-corrected chi connectivity index (χ4v) is 4.36. The first-order valence-electron chi connectivity index (χ1n) is 9.75. The maximum Gasteiger partial charge on any atom is 0.327 e. The second-order valence-electron chi connectivity index (χ2n) is 6.77. The number of para-hydroxylation sites is 1. The molecular formula is C23H19FN4O3S2. The van der Waals surface area contributed by atoms with E-state index in [-0.39, 0.29) is 0 Å². The molecule has 1 heterocycles. The number of carbonyl (C=O) groups is 1. The minimum absolute atomic E-state index is 0.323. The number of nitrogens with one attached hydrogen (secondary N) is 2. The van der Waals surface area contributed by atoms with Crippen LogP contribution < -0.4 is 19.7 Å². The SMILES string of the molecule is CN(C(=O)Nc1ncc(Oc2cccc(F)c2)s1)c1cccc(S(=O)Nc2ccccc2)c1. The van der Waals surface area contributed by atoms with E-state index in [9.17, 15) is 13.4 Å². The number of halogens is 1. The third kappa shape index (κ3) is 5.93. The van der Waals surface area contributed by atoms with Crippen LogP contribution in [0.3, 0.4) is 0 Å². The van der Waals surface area contributed by atoms with Crippen molar-refractivity contribution in [3.05, 3.63) is 90.9 Å². The lowest BCUT2D eigenvalue weighted by molar-refractivity contribution is 0.258. The monoisotopic (exact) mass is 482 g/mol. The van der Waals surface area contributed by atoms with Gasteiger partial charge in [0.1, 0.15) is 22.6 Å². The van der Waals surface area contributed by atoms with Gasteiger partial charge in [0.15, 0.2) is 5.13 Å². The van der Waals surface area contributed by atoms with Gasteiger partial charge in [-0.15, -0.1) is 0 Å². The quantitative estimate of drug-likeness (QED) is 0.345. The first-order valence-corrected chi connectivity index (χ1v) is 11.7. The summed E-state index contributed by atoms with van der Waals surface area (Å²) in [5, 5.41) is 3.42. The third-order valence-corrected chi connectivity index (χ3v) is 6.31. The van der Waals surface area contributed by atoms with Crippen LogP contribution in [-0.2, 0) is 11.0 Å². The molecule has 3 aromatic carbocycles. The Labute approximate surface area is 196 Å². The predicted molar refractivity (Wildman–Crippen MR) is 129 cm³/mol. The van der Waals surface area contributed by atoms with Crippen molar-refractivity contribution in [2.75, 3.05) is 22.0 Å². The van der Waals surface area contributed by atoms with E-state index in [4.69, 9.17) is 4.74 Å². The van der Waals surface area contributed by atoms with E-state index in [0.29, 0.717) is 26.5 Å². The molecule has 0 bridgehead atoms. The minimum atomic E-state index is -1.49. The number of thiazole rings is 1. The number of aromatic nitrogens is 1. The van der Waals surface area contributed by atoms with Gasteiger partial charge in [-0.1, -0.05) is 41.7 Å². The van der Waals surface area contributed by atoms with Gasteiger partial charge < -0.3 is 9.46 Å².